The van der Waals surface area contributed by atoms with Crippen molar-refractivity contribution in [1.29, 1.82) is 0 Å². The van der Waals surface area contributed by atoms with Gasteiger partial charge in [-0.3, -0.25) is 14.3 Å². The van der Waals surface area contributed by atoms with Gasteiger partial charge in [-0.25, -0.2) is 0 Å². The molecular formula is C13H24N2O2S. The smallest absolute Gasteiger partial charge is 0.244 e. The van der Waals surface area contributed by atoms with Crippen molar-refractivity contribution < 1.29 is 9.00 Å². The normalized spacial score (nSPS) is 27.2. The molecule has 1 saturated carbocycles. The highest BCUT2D eigenvalue weighted by Gasteiger charge is 2.58. The Morgan fingerprint density at radius 1 is 1.50 bits per heavy atom. The Hall–Kier alpha value is -0.420. The molecule has 1 amide bonds. The summed E-state index contributed by atoms with van der Waals surface area (Å²) in [5, 5.41) is 3.51. The quantitative estimate of drug-likeness (QED) is 0.787. The third kappa shape index (κ3) is 2.94. The van der Waals surface area contributed by atoms with Gasteiger partial charge in [-0.05, 0) is 31.6 Å². The Morgan fingerprint density at radius 3 is 2.67 bits per heavy atom. The number of nitrogens with one attached hydrogen (secondary N) is 1. The maximum atomic E-state index is 12.3. The summed E-state index contributed by atoms with van der Waals surface area (Å²) in [7, 11) is -0.761. The topological polar surface area (TPSA) is 49.4 Å². The Kier molecular flexibility index (Phi) is 4.11. The van der Waals surface area contributed by atoms with E-state index in [2.05, 4.69) is 19.2 Å². The summed E-state index contributed by atoms with van der Waals surface area (Å²) >= 11 is 0. The highest BCUT2D eigenvalue weighted by Crippen LogP contribution is 2.43. The van der Waals surface area contributed by atoms with E-state index in [1.807, 2.05) is 4.90 Å². The van der Waals surface area contributed by atoms with Crippen LogP contribution in [0.5, 0.6) is 0 Å². The first-order chi connectivity index (χ1) is 8.44. The highest BCUT2D eigenvalue weighted by molar-refractivity contribution is 7.84. The minimum Gasteiger partial charge on any atom is -0.325 e. The molecule has 0 radical (unpaired) electrons. The molecule has 2 atom stereocenters. The van der Waals surface area contributed by atoms with Crippen LogP contribution in [0.15, 0.2) is 0 Å². The second-order valence-electron chi connectivity index (χ2n) is 6.00. The molecular weight excluding hydrogens is 248 g/mol. The number of carbonyl (C=O) groups excluding carboxylic acids is 1. The summed E-state index contributed by atoms with van der Waals surface area (Å²) < 4.78 is 11.1. The van der Waals surface area contributed by atoms with Crippen LogP contribution in [0.4, 0.5) is 0 Å². The molecule has 0 aromatic heterocycles. The van der Waals surface area contributed by atoms with Crippen molar-refractivity contribution in [2.45, 2.75) is 51.2 Å². The maximum absolute atomic E-state index is 12.3. The van der Waals surface area contributed by atoms with Gasteiger partial charge < -0.3 is 4.90 Å². The van der Waals surface area contributed by atoms with Crippen molar-refractivity contribution in [3.05, 3.63) is 0 Å². The molecule has 5 heteroatoms. The number of nitrogens with zero attached hydrogens (tertiary/aromatic N) is 1. The summed E-state index contributed by atoms with van der Waals surface area (Å²) in [5.74, 6) is 1.53. The number of rotatable bonds is 6. The lowest BCUT2D eigenvalue weighted by atomic mass is 10.1. The van der Waals surface area contributed by atoms with Crippen molar-refractivity contribution in [3.8, 4) is 0 Å². The van der Waals surface area contributed by atoms with E-state index in [1.54, 1.807) is 6.26 Å². The van der Waals surface area contributed by atoms with Gasteiger partial charge >= 0.3 is 0 Å². The lowest BCUT2D eigenvalue weighted by Gasteiger charge is -2.25. The van der Waals surface area contributed by atoms with Crippen LogP contribution in [0, 0.1) is 5.92 Å². The Bertz CT molecular complexity index is 353. The van der Waals surface area contributed by atoms with E-state index >= 15 is 0 Å². The fourth-order valence-corrected chi connectivity index (χ4v) is 3.22. The van der Waals surface area contributed by atoms with Crippen LogP contribution < -0.4 is 5.32 Å². The lowest BCUT2D eigenvalue weighted by Crippen LogP contribution is -2.39. The minimum atomic E-state index is -0.761. The number of carbonyl (C=O) groups is 1. The van der Waals surface area contributed by atoms with Crippen molar-refractivity contribution >= 4 is 16.7 Å². The van der Waals surface area contributed by atoms with Crippen LogP contribution in [0.25, 0.3) is 0 Å². The first-order valence-corrected chi connectivity index (χ1v) is 8.56. The van der Waals surface area contributed by atoms with Gasteiger partial charge in [0.05, 0.1) is 11.7 Å². The fraction of sp³-hybridized carbons (Fsp3) is 0.923. The standard InChI is InChI=1S/C13H24N2O2S/c1-10(2)9-11-14-13(5-6-13)12(16)15(11)7-4-8-18(3)17/h10-11,14H,4-9H2,1-3H3. The van der Waals surface area contributed by atoms with Gasteiger partial charge in [-0.2, -0.15) is 0 Å². The van der Waals surface area contributed by atoms with Crippen molar-refractivity contribution in [1.82, 2.24) is 10.2 Å². The highest BCUT2D eigenvalue weighted by atomic mass is 32.2. The summed E-state index contributed by atoms with van der Waals surface area (Å²) in [6.07, 6.45) is 5.71. The van der Waals surface area contributed by atoms with Crippen LogP contribution in [0.1, 0.15) is 39.5 Å². The van der Waals surface area contributed by atoms with Crippen molar-refractivity contribution in [2.75, 3.05) is 18.6 Å². The zero-order chi connectivity index (χ0) is 13.3. The number of amides is 1. The predicted molar refractivity (Wildman–Crippen MR) is 73.6 cm³/mol. The summed E-state index contributed by atoms with van der Waals surface area (Å²) in [6, 6.07) is 0. The van der Waals surface area contributed by atoms with E-state index in [0.29, 0.717) is 11.7 Å². The third-order valence-corrected chi connectivity index (χ3v) is 4.63. The molecule has 104 valence electrons. The van der Waals surface area contributed by atoms with Gasteiger partial charge in [-0.15, -0.1) is 0 Å². The minimum absolute atomic E-state index is 0.185. The lowest BCUT2D eigenvalue weighted by molar-refractivity contribution is -0.130. The second kappa shape index (κ2) is 5.29. The maximum Gasteiger partial charge on any atom is 0.244 e. The van der Waals surface area contributed by atoms with Gasteiger partial charge in [0.15, 0.2) is 0 Å². The number of hydrogen-bond donors (Lipinski definition) is 1. The summed E-state index contributed by atoms with van der Waals surface area (Å²) in [6.45, 7) is 5.11. The largest absolute Gasteiger partial charge is 0.325 e. The van der Waals surface area contributed by atoms with Gasteiger partial charge in [0, 0.05) is 29.4 Å². The zero-order valence-corrected chi connectivity index (χ0v) is 12.4. The van der Waals surface area contributed by atoms with E-state index < -0.39 is 10.8 Å². The average Bonchev–Trinajstić information content (AvgIpc) is 2.98. The first-order valence-electron chi connectivity index (χ1n) is 6.83. The Balaban J connectivity index is 1.94. The van der Waals surface area contributed by atoms with Crippen LogP contribution >= 0.6 is 0 Å². The molecule has 0 bridgehead atoms. The Labute approximate surface area is 112 Å². The molecule has 18 heavy (non-hydrogen) atoms. The third-order valence-electron chi connectivity index (χ3n) is 3.76. The predicted octanol–water partition coefficient (Wildman–Crippen LogP) is 1.09. The molecule has 1 aliphatic heterocycles. The number of hydrogen-bond acceptors (Lipinski definition) is 3. The average molecular weight is 272 g/mol. The van der Waals surface area contributed by atoms with E-state index in [1.165, 1.54) is 0 Å². The van der Waals surface area contributed by atoms with E-state index in [-0.39, 0.29) is 17.6 Å². The molecule has 0 aromatic rings. The molecule has 1 spiro atoms. The molecule has 2 fully saturated rings. The van der Waals surface area contributed by atoms with E-state index in [9.17, 15) is 9.00 Å². The molecule has 0 aromatic carbocycles. The molecule has 1 N–H and O–H groups in total. The van der Waals surface area contributed by atoms with Gasteiger partial charge in [-0.1, -0.05) is 13.8 Å². The summed E-state index contributed by atoms with van der Waals surface area (Å²) in [4.78, 5) is 14.3. The molecule has 1 saturated heterocycles. The van der Waals surface area contributed by atoms with Crippen molar-refractivity contribution in [3.63, 3.8) is 0 Å². The molecule has 2 aliphatic rings. The van der Waals surface area contributed by atoms with Crippen LogP contribution in [0.2, 0.25) is 0 Å². The van der Waals surface area contributed by atoms with Crippen molar-refractivity contribution in [2.24, 2.45) is 5.92 Å². The van der Waals surface area contributed by atoms with E-state index in [0.717, 1.165) is 32.2 Å². The first kappa shape index (κ1) is 14.0. The van der Waals surface area contributed by atoms with E-state index in [4.69, 9.17) is 0 Å². The van der Waals surface area contributed by atoms with Crippen LogP contribution in [0.3, 0.4) is 0 Å². The second-order valence-corrected chi connectivity index (χ2v) is 7.56. The van der Waals surface area contributed by atoms with Gasteiger partial charge in [0.2, 0.25) is 5.91 Å². The Morgan fingerprint density at radius 2 is 2.17 bits per heavy atom. The fourth-order valence-electron chi connectivity index (χ4n) is 2.69. The summed E-state index contributed by atoms with van der Waals surface area (Å²) in [5.41, 5.74) is -0.217. The van der Waals surface area contributed by atoms with Gasteiger partial charge in [0.1, 0.15) is 0 Å². The molecule has 1 heterocycles. The SMILES string of the molecule is CC(C)CC1NC2(CC2)C(=O)N1CCCS(C)=O. The van der Waals surface area contributed by atoms with Crippen LogP contribution in [-0.4, -0.2) is 45.3 Å². The molecule has 4 nitrogen and oxygen atoms in total. The molecule has 2 unspecified atom stereocenters. The monoisotopic (exact) mass is 272 g/mol. The van der Waals surface area contributed by atoms with Gasteiger partial charge in [0.25, 0.3) is 0 Å². The van der Waals surface area contributed by atoms with Crippen LogP contribution in [-0.2, 0) is 15.6 Å². The molecule has 1 aliphatic carbocycles. The zero-order valence-electron chi connectivity index (χ0n) is 11.6. The molecule has 2 rings (SSSR count).